The van der Waals surface area contributed by atoms with Gasteiger partial charge in [0.2, 0.25) is 0 Å². The number of carbonyl (C=O) groups excluding carboxylic acids is 1. The van der Waals surface area contributed by atoms with E-state index in [4.69, 9.17) is 9.47 Å². The lowest BCUT2D eigenvalue weighted by Crippen LogP contribution is -2.62. The lowest BCUT2D eigenvalue weighted by molar-refractivity contribution is -0.148. The van der Waals surface area contributed by atoms with Gasteiger partial charge in [0, 0.05) is 6.54 Å². The van der Waals surface area contributed by atoms with Gasteiger partial charge in [-0.25, -0.2) is 9.59 Å². The minimum absolute atomic E-state index is 0.123. The van der Waals surface area contributed by atoms with Crippen molar-refractivity contribution < 1.29 is 24.2 Å². The Morgan fingerprint density at radius 2 is 1.84 bits per heavy atom. The molecule has 7 nitrogen and oxygen atoms in total. The van der Waals surface area contributed by atoms with Gasteiger partial charge < -0.3 is 24.8 Å². The Morgan fingerprint density at radius 1 is 1.14 bits per heavy atom. The highest BCUT2D eigenvalue weighted by atomic mass is 16.5. The van der Waals surface area contributed by atoms with Crippen LogP contribution in [0.15, 0.2) is 42.5 Å². The van der Waals surface area contributed by atoms with Gasteiger partial charge in [0.1, 0.15) is 11.3 Å². The first kappa shape index (κ1) is 27.0. The molecule has 2 aliphatic rings. The first-order valence-electron chi connectivity index (χ1n) is 13.5. The van der Waals surface area contributed by atoms with E-state index in [1.54, 1.807) is 4.90 Å². The predicted octanol–water partition coefficient (Wildman–Crippen LogP) is 6.13. The number of nitrogens with zero attached hydrogens (tertiary/aromatic N) is 1. The van der Waals surface area contributed by atoms with E-state index in [0.29, 0.717) is 38.5 Å². The molecule has 0 bridgehead atoms. The molecule has 4 rings (SSSR count). The van der Waals surface area contributed by atoms with Gasteiger partial charge in [0.25, 0.3) is 0 Å². The average Bonchev–Trinajstić information content (AvgIpc) is 3.70. The number of hydrogen-bond donors (Lipinski definition) is 2. The van der Waals surface area contributed by atoms with E-state index in [0.717, 1.165) is 28.9 Å². The molecular formula is C30H40N2O5. The smallest absolute Gasteiger partial charge is 0.329 e. The zero-order valence-electron chi connectivity index (χ0n) is 22.5. The second kappa shape index (κ2) is 11.5. The van der Waals surface area contributed by atoms with Crippen molar-refractivity contribution in [1.29, 1.82) is 0 Å². The van der Waals surface area contributed by atoms with Crippen molar-refractivity contribution in [1.82, 2.24) is 10.2 Å². The first-order valence-corrected chi connectivity index (χ1v) is 13.5. The van der Waals surface area contributed by atoms with Crippen LogP contribution in [-0.4, -0.2) is 47.3 Å². The van der Waals surface area contributed by atoms with Gasteiger partial charge in [-0.05, 0) is 88.0 Å². The van der Waals surface area contributed by atoms with Crippen LogP contribution in [0.3, 0.4) is 0 Å². The maximum absolute atomic E-state index is 13.6. The number of benzene rings is 2. The molecule has 0 aromatic heterocycles. The number of carbonyl (C=O) groups is 2. The van der Waals surface area contributed by atoms with Crippen LogP contribution < -0.4 is 10.1 Å². The van der Waals surface area contributed by atoms with E-state index in [2.05, 4.69) is 24.4 Å². The van der Waals surface area contributed by atoms with Crippen LogP contribution in [0.2, 0.25) is 0 Å². The number of carboxylic acid groups (broad SMARTS) is 1. The lowest BCUT2D eigenvalue weighted by atomic mass is 9.77. The summed E-state index contributed by atoms with van der Waals surface area (Å²) in [6, 6.07) is 13.5. The molecule has 0 unspecified atom stereocenters. The van der Waals surface area contributed by atoms with E-state index in [1.807, 2.05) is 51.1 Å². The van der Waals surface area contributed by atoms with Gasteiger partial charge in [-0.2, -0.15) is 0 Å². The maximum Gasteiger partial charge on any atom is 0.329 e. The summed E-state index contributed by atoms with van der Waals surface area (Å²) in [5.41, 5.74) is 3.15. The third-order valence-corrected chi connectivity index (χ3v) is 7.89. The molecule has 0 saturated heterocycles. The van der Waals surface area contributed by atoms with Crippen molar-refractivity contribution in [2.75, 3.05) is 19.8 Å². The summed E-state index contributed by atoms with van der Waals surface area (Å²) in [7, 11) is 0. The number of aliphatic carboxylic acids is 1. The Labute approximate surface area is 220 Å². The molecule has 0 radical (unpaired) electrons. The standard InChI is InChI=1S/C30H40N2O5/c1-5-36-27-20(2)25(14-15-26(27)24-12-13-24)21(3)32(29(35)31-30(28(33)34)16-9-17-30)18-19-37-22(4)23-10-7-6-8-11-23/h6-8,10-11,14-15,21-22,24H,5,9,12-13,16-19H2,1-4H3,(H,31,35)(H,33,34)/t21-,22+/m1/s1. The molecule has 2 saturated carbocycles. The van der Waals surface area contributed by atoms with Gasteiger partial charge in [-0.3, -0.25) is 0 Å². The number of rotatable bonds is 12. The van der Waals surface area contributed by atoms with E-state index in [1.165, 1.54) is 18.4 Å². The molecule has 2 aromatic rings. The van der Waals surface area contributed by atoms with Crippen LogP contribution in [-0.2, 0) is 9.53 Å². The third kappa shape index (κ3) is 5.93. The molecule has 0 spiro atoms. The van der Waals surface area contributed by atoms with Crippen LogP contribution in [0.4, 0.5) is 4.79 Å². The molecule has 2 fully saturated rings. The molecule has 7 heteroatoms. The summed E-state index contributed by atoms with van der Waals surface area (Å²) in [5.74, 6) is 0.493. The van der Waals surface area contributed by atoms with Crippen molar-refractivity contribution in [3.8, 4) is 5.75 Å². The van der Waals surface area contributed by atoms with Crippen molar-refractivity contribution in [3.63, 3.8) is 0 Å². The topological polar surface area (TPSA) is 88.1 Å². The largest absolute Gasteiger partial charge is 0.493 e. The van der Waals surface area contributed by atoms with E-state index < -0.39 is 11.5 Å². The molecular weight excluding hydrogens is 468 g/mol. The van der Waals surface area contributed by atoms with Crippen LogP contribution in [0, 0.1) is 6.92 Å². The Kier molecular flexibility index (Phi) is 8.42. The Bertz CT molecular complexity index is 1090. The number of nitrogens with one attached hydrogen (secondary N) is 1. The fraction of sp³-hybridized carbons (Fsp3) is 0.533. The Morgan fingerprint density at radius 3 is 2.41 bits per heavy atom. The normalized spacial score (nSPS) is 17.8. The molecule has 2 N–H and O–H groups in total. The average molecular weight is 509 g/mol. The van der Waals surface area contributed by atoms with Crippen molar-refractivity contribution >= 4 is 12.0 Å². The van der Waals surface area contributed by atoms with E-state index >= 15 is 0 Å². The van der Waals surface area contributed by atoms with Crippen molar-refractivity contribution in [2.24, 2.45) is 0 Å². The van der Waals surface area contributed by atoms with Gasteiger partial charge in [-0.15, -0.1) is 0 Å². The molecule has 37 heavy (non-hydrogen) atoms. The number of ether oxygens (including phenoxy) is 2. The van der Waals surface area contributed by atoms with E-state index in [9.17, 15) is 14.7 Å². The summed E-state index contributed by atoms with van der Waals surface area (Å²) < 4.78 is 12.2. The fourth-order valence-electron chi connectivity index (χ4n) is 5.22. The summed E-state index contributed by atoms with van der Waals surface area (Å²) in [4.78, 5) is 27.3. The Balaban J connectivity index is 1.56. The van der Waals surface area contributed by atoms with Crippen LogP contribution >= 0.6 is 0 Å². The first-order chi connectivity index (χ1) is 17.8. The summed E-state index contributed by atoms with van der Waals surface area (Å²) in [6.45, 7) is 9.25. The number of amides is 2. The quantitative estimate of drug-likeness (QED) is 0.360. The highest BCUT2D eigenvalue weighted by Gasteiger charge is 2.46. The highest BCUT2D eigenvalue weighted by molar-refractivity contribution is 5.87. The van der Waals surface area contributed by atoms with Crippen molar-refractivity contribution in [3.05, 3.63) is 64.7 Å². The summed E-state index contributed by atoms with van der Waals surface area (Å²) in [6.07, 6.45) is 3.92. The molecule has 2 amide bonds. The molecule has 2 aromatic carbocycles. The van der Waals surface area contributed by atoms with E-state index in [-0.39, 0.29) is 18.2 Å². The number of carboxylic acids is 1. The van der Waals surface area contributed by atoms with Gasteiger partial charge in [0.15, 0.2) is 0 Å². The summed E-state index contributed by atoms with van der Waals surface area (Å²) in [5, 5.41) is 12.6. The van der Waals surface area contributed by atoms with Gasteiger partial charge >= 0.3 is 12.0 Å². The monoisotopic (exact) mass is 508 g/mol. The van der Waals surface area contributed by atoms with Crippen LogP contribution in [0.5, 0.6) is 5.75 Å². The van der Waals surface area contributed by atoms with Gasteiger partial charge in [0.05, 0.1) is 25.4 Å². The van der Waals surface area contributed by atoms with Crippen LogP contribution in [0.25, 0.3) is 0 Å². The second-order valence-corrected chi connectivity index (χ2v) is 10.4. The minimum Gasteiger partial charge on any atom is -0.493 e. The zero-order valence-corrected chi connectivity index (χ0v) is 22.5. The lowest BCUT2D eigenvalue weighted by Gasteiger charge is -2.41. The SMILES string of the molecule is CCOc1c(C2CC2)ccc([C@@H](C)N(CCO[C@@H](C)c2ccccc2)C(=O)NC2(C(=O)O)CCC2)c1C. The van der Waals surface area contributed by atoms with Gasteiger partial charge in [-0.1, -0.05) is 42.5 Å². The summed E-state index contributed by atoms with van der Waals surface area (Å²) >= 11 is 0. The minimum atomic E-state index is -1.19. The predicted molar refractivity (Wildman–Crippen MR) is 143 cm³/mol. The maximum atomic E-state index is 13.6. The second-order valence-electron chi connectivity index (χ2n) is 10.4. The highest BCUT2D eigenvalue weighted by Crippen LogP contribution is 2.47. The van der Waals surface area contributed by atoms with Crippen LogP contribution in [0.1, 0.15) is 93.2 Å². The molecule has 2 aliphatic carbocycles. The molecule has 200 valence electrons. The molecule has 0 heterocycles. The number of hydrogen-bond acceptors (Lipinski definition) is 4. The fourth-order valence-corrected chi connectivity index (χ4v) is 5.22. The zero-order chi connectivity index (χ0) is 26.6. The third-order valence-electron chi connectivity index (χ3n) is 7.89. The molecule has 0 aliphatic heterocycles. The number of urea groups is 1. The Hall–Kier alpha value is -3.06. The van der Waals surface area contributed by atoms with Crippen molar-refractivity contribution in [2.45, 2.75) is 83.4 Å². The molecule has 2 atom stereocenters.